The zero-order chi connectivity index (χ0) is 20.1. The Morgan fingerprint density at radius 3 is 2.46 bits per heavy atom. The van der Waals surface area contributed by atoms with E-state index >= 15 is 0 Å². The minimum atomic E-state index is -3.66. The van der Waals surface area contributed by atoms with E-state index in [1.54, 1.807) is 38.3 Å². The molecule has 2 aromatic carbocycles. The number of carbonyl (C=O) groups is 1. The van der Waals surface area contributed by atoms with Gasteiger partial charge in [-0.15, -0.1) is 0 Å². The summed E-state index contributed by atoms with van der Waals surface area (Å²) >= 11 is 0. The molecule has 2 N–H and O–H groups in total. The Balaban J connectivity index is 1.95. The molecule has 0 saturated carbocycles. The summed E-state index contributed by atoms with van der Waals surface area (Å²) < 4.78 is 32.5. The molecule has 0 fully saturated rings. The van der Waals surface area contributed by atoms with Gasteiger partial charge in [0.1, 0.15) is 11.8 Å². The van der Waals surface area contributed by atoms with Gasteiger partial charge in [-0.25, -0.2) is 13.1 Å². The third kappa shape index (κ3) is 4.32. The molecule has 1 heterocycles. The fraction of sp³-hybridized carbons (Fsp3) is 0.190. The smallest absolute Gasteiger partial charge is 0.252 e. The van der Waals surface area contributed by atoms with Gasteiger partial charge in [0, 0.05) is 12.1 Å². The van der Waals surface area contributed by atoms with Crippen molar-refractivity contribution < 1.29 is 17.6 Å². The number of carbonyl (C=O) groups excluding carboxylic acids is 1. The third-order valence-corrected chi connectivity index (χ3v) is 5.88. The summed E-state index contributed by atoms with van der Waals surface area (Å²) in [6.45, 7) is 3.74. The molecule has 0 radical (unpaired) electrons. The molecule has 1 unspecified atom stereocenters. The van der Waals surface area contributed by atoms with Gasteiger partial charge in [0.25, 0.3) is 5.91 Å². The Hall–Kier alpha value is -2.90. The molecule has 3 aromatic rings. The summed E-state index contributed by atoms with van der Waals surface area (Å²) in [6, 6.07) is 17.0. The van der Waals surface area contributed by atoms with Gasteiger partial charge in [0.05, 0.1) is 11.2 Å². The lowest BCUT2D eigenvalue weighted by atomic mass is 10.0. The minimum absolute atomic E-state index is 0.0550. The van der Waals surface area contributed by atoms with Crippen LogP contribution >= 0.6 is 0 Å². The maximum absolute atomic E-state index is 13.0. The molecule has 7 heteroatoms. The van der Waals surface area contributed by atoms with Crippen molar-refractivity contribution in [2.24, 2.45) is 0 Å². The van der Waals surface area contributed by atoms with E-state index in [9.17, 15) is 13.2 Å². The summed E-state index contributed by atoms with van der Waals surface area (Å²) in [5, 5.41) is 2.96. The molecule has 1 amide bonds. The zero-order valence-corrected chi connectivity index (χ0v) is 16.5. The van der Waals surface area contributed by atoms with Crippen molar-refractivity contribution in [2.75, 3.05) is 6.54 Å². The fourth-order valence-electron chi connectivity index (χ4n) is 2.91. The maximum Gasteiger partial charge on any atom is 0.252 e. The van der Waals surface area contributed by atoms with E-state index in [-0.39, 0.29) is 17.3 Å². The van der Waals surface area contributed by atoms with E-state index in [2.05, 4.69) is 10.0 Å². The molecule has 0 spiro atoms. The van der Waals surface area contributed by atoms with Crippen molar-refractivity contribution in [1.82, 2.24) is 10.0 Å². The predicted molar refractivity (Wildman–Crippen MR) is 107 cm³/mol. The average Bonchev–Trinajstić information content (AvgIpc) is 3.21. The van der Waals surface area contributed by atoms with E-state index in [1.165, 1.54) is 12.1 Å². The second kappa shape index (κ2) is 8.41. The molecule has 1 aromatic heterocycles. The monoisotopic (exact) mass is 398 g/mol. The number of rotatable bonds is 7. The number of benzene rings is 2. The summed E-state index contributed by atoms with van der Waals surface area (Å²) in [7, 11) is -3.66. The molecule has 3 rings (SSSR count). The first kappa shape index (κ1) is 19.9. The zero-order valence-electron chi connectivity index (χ0n) is 15.7. The van der Waals surface area contributed by atoms with Crippen LogP contribution in [0.1, 0.15) is 40.2 Å². The van der Waals surface area contributed by atoms with Crippen LogP contribution in [0.15, 0.2) is 76.2 Å². The molecule has 0 saturated heterocycles. The highest BCUT2D eigenvalue weighted by atomic mass is 32.2. The molecule has 28 heavy (non-hydrogen) atoms. The SMILES string of the molecule is CCNS(=O)(=O)c1ccc(C)c(C(=O)NC(c2ccccc2)c2ccco2)c1. The number of hydrogen-bond acceptors (Lipinski definition) is 4. The first-order valence-corrected chi connectivity index (χ1v) is 10.4. The normalized spacial score (nSPS) is 12.5. The van der Waals surface area contributed by atoms with Gasteiger partial charge in [-0.1, -0.05) is 43.3 Å². The van der Waals surface area contributed by atoms with Crippen molar-refractivity contribution in [3.63, 3.8) is 0 Å². The number of sulfonamides is 1. The van der Waals surface area contributed by atoms with Crippen molar-refractivity contribution in [2.45, 2.75) is 24.8 Å². The standard InChI is InChI=1S/C21H22N2O4S/c1-3-22-28(25,26)17-12-11-15(2)18(14-17)21(24)23-20(19-10-7-13-27-19)16-8-5-4-6-9-16/h4-14,20,22H,3H2,1-2H3,(H,23,24). The molecule has 0 aliphatic rings. The lowest BCUT2D eigenvalue weighted by Gasteiger charge is -2.18. The summed E-state index contributed by atoms with van der Waals surface area (Å²) in [4.78, 5) is 13.1. The number of nitrogens with one attached hydrogen (secondary N) is 2. The Morgan fingerprint density at radius 2 is 1.82 bits per heavy atom. The van der Waals surface area contributed by atoms with E-state index in [4.69, 9.17) is 4.42 Å². The highest BCUT2D eigenvalue weighted by Gasteiger charge is 2.22. The highest BCUT2D eigenvalue weighted by molar-refractivity contribution is 7.89. The van der Waals surface area contributed by atoms with Crippen LogP contribution < -0.4 is 10.0 Å². The number of hydrogen-bond donors (Lipinski definition) is 2. The second-order valence-corrected chi connectivity index (χ2v) is 8.08. The Kier molecular flexibility index (Phi) is 5.96. The quantitative estimate of drug-likeness (QED) is 0.638. The Morgan fingerprint density at radius 1 is 1.07 bits per heavy atom. The molecule has 146 valence electrons. The van der Waals surface area contributed by atoms with Crippen molar-refractivity contribution in [3.8, 4) is 0 Å². The van der Waals surface area contributed by atoms with Crippen molar-refractivity contribution in [3.05, 3.63) is 89.4 Å². The highest BCUT2D eigenvalue weighted by Crippen LogP contribution is 2.24. The predicted octanol–water partition coefficient (Wildman–Crippen LogP) is 3.41. The van der Waals surface area contributed by atoms with Gasteiger partial charge >= 0.3 is 0 Å². The van der Waals surface area contributed by atoms with Crippen LogP contribution in [0.5, 0.6) is 0 Å². The maximum atomic E-state index is 13.0. The number of furan rings is 1. The van der Waals surface area contributed by atoms with Crippen LogP contribution in [0.3, 0.4) is 0 Å². The fourth-order valence-corrected chi connectivity index (χ4v) is 3.98. The summed E-state index contributed by atoms with van der Waals surface area (Å²) in [5.41, 5.74) is 1.84. The van der Waals surface area contributed by atoms with Crippen LogP contribution in [-0.4, -0.2) is 20.9 Å². The summed E-state index contributed by atoms with van der Waals surface area (Å²) in [6.07, 6.45) is 1.55. The second-order valence-electron chi connectivity index (χ2n) is 6.31. The lowest BCUT2D eigenvalue weighted by molar-refractivity contribution is 0.0938. The lowest BCUT2D eigenvalue weighted by Crippen LogP contribution is -2.30. The molecule has 0 aliphatic heterocycles. The van der Waals surface area contributed by atoms with E-state index in [0.29, 0.717) is 16.9 Å². The van der Waals surface area contributed by atoms with Crippen LogP contribution in [0.2, 0.25) is 0 Å². The molecular weight excluding hydrogens is 376 g/mol. The topological polar surface area (TPSA) is 88.4 Å². The molecule has 6 nitrogen and oxygen atoms in total. The number of aryl methyl sites for hydroxylation is 1. The van der Waals surface area contributed by atoms with Crippen LogP contribution in [0.25, 0.3) is 0 Å². The third-order valence-electron chi connectivity index (χ3n) is 4.33. The molecule has 0 aliphatic carbocycles. The summed E-state index contributed by atoms with van der Waals surface area (Å²) in [5.74, 6) is 0.213. The van der Waals surface area contributed by atoms with Gasteiger partial charge in [-0.05, 0) is 42.3 Å². The Labute approximate surface area is 164 Å². The first-order chi connectivity index (χ1) is 13.4. The van der Waals surface area contributed by atoms with Gasteiger partial charge in [0.15, 0.2) is 0 Å². The molecule has 1 atom stereocenters. The van der Waals surface area contributed by atoms with E-state index < -0.39 is 16.1 Å². The van der Waals surface area contributed by atoms with Crippen LogP contribution in [0, 0.1) is 6.92 Å². The molecule has 0 bridgehead atoms. The average molecular weight is 398 g/mol. The van der Waals surface area contributed by atoms with Gasteiger partial charge in [-0.2, -0.15) is 0 Å². The Bertz CT molecular complexity index is 1050. The van der Waals surface area contributed by atoms with Crippen molar-refractivity contribution in [1.29, 1.82) is 0 Å². The first-order valence-electron chi connectivity index (χ1n) is 8.92. The van der Waals surface area contributed by atoms with Gasteiger partial charge in [-0.3, -0.25) is 4.79 Å². The number of amides is 1. The van der Waals surface area contributed by atoms with Crippen LogP contribution in [0.4, 0.5) is 0 Å². The largest absolute Gasteiger partial charge is 0.467 e. The van der Waals surface area contributed by atoms with Crippen LogP contribution in [-0.2, 0) is 10.0 Å². The van der Waals surface area contributed by atoms with E-state index in [1.807, 2.05) is 30.3 Å². The minimum Gasteiger partial charge on any atom is -0.467 e. The van der Waals surface area contributed by atoms with Gasteiger partial charge < -0.3 is 9.73 Å². The van der Waals surface area contributed by atoms with Gasteiger partial charge in [0.2, 0.25) is 10.0 Å². The van der Waals surface area contributed by atoms with E-state index in [0.717, 1.165) is 5.56 Å². The van der Waals surface area contributed by atoms with Crippen molar-refractivity contribution >= 4 is 15.9 Å². The molecular formula is C21H22N2O4S.